The molecule has 0 rings (SSSR count). The van der Waals surface area contributed by atoms with E-state index in [2.05, 4.69) is 42.0 Å². The summed E-state index contributed by atoms with van der Waals surface area (Å²) in [6, 6.07) is 0. The highest BCUT2D eigenvalue weighted by Crippen LogP contribution is 2.00. The summed E-state index contributed by atoms with van der Waals surface area (Å²) in [6.45, 7) is 8.47. The topological polar surface area (TPSA) is 52.6 Å². The first-order valence-corrected chi connectivity index (χ1v) is 8.07. The standard InChI is InChI=1S/C16H34N2O4.2ClH/c1-7-17(3,4)11-13-21-15(19)9-10-16(20)22-14-12-18(5,6)8-2;;/h7-14H2,1-6H3;2*1H/q+2;;/p-2. The molecule has 0 aromatic heterocycles. The zero-order valence-corrected chi connectivity index (χ0v) is 17.5. The van der Waals surface area contributed by atoms with Gasteiger partial charge in [-0.3, -0.25) is 9.59 Å². The second-order valence-corrected chi connectivity index (χ2v) is 6.89. The molecule has 0 aliphatic heterocycles. The summed E-state index contributed by atoms with van der Waals surface area (Å²) in [7, 11) is 8.34. The molecule has 0 atom stereocenters. The zero-order chi connectivity index (χ0) is 17.2. The lowest BCUT2D eigenvalue weighted by atomic mass is 10.3. The van der Waals surface area contributed by atoms with Crippen LogP contribution in [-0.4, -0.2) is 88.5 Å². The van der Waals surface area contributed by atoms with Crippen molar-refractivity contribution in [1.29, 1.82) is 0 Å². The van der Waals surface area contributed by atoms with Gasteiger partial charge in [-0.05, 0) is 13.8 Å². The number of hydrogen-bond donors (Lipinski definition) is 0. The Morgan fingerprint density at radius 1 is 0.708 bits per heavy atom. The van der Waals surface area contributed by atoms with Gasteiger partial charge in [0.15, 0.2) is 0 Å². The van der Waals surface area contributed by atoms with Crippen molar-refractivity contribution in [3.63, 3.8) is 0 Å². The van der Waals surface area contributed by atoms with Crippen molar-refractivity contribution >= 4 is 11.9 Å². The summed E-state index contributed by atoms with van der Waals surface area (Å²) in [6.07, 6.45) is 0.175. The van der Waals surface area contributed by atoms with Crippen LogP contribution in [0.15, 0.2) is 0 Å². The first-order chi connectivity index (χ1) is 10.1. The molecule has 0 unspecified atom stereocenters. The Morgan fingerprint density at radius 2 is 1.00 bits per heavy atom. The predicted octanol–water partition coefficient (Wildman–Crippen LogP) is -4.95. The molecule has 0 N–H and O–H groups in total. The Balaban J connectivity index is -0.00000220. The number of likely N-dealkylation sites (N-methyl/N-ethyl adjacent to an activating group) is 2. The molecule has 0 saturated heterocycles. The molecule has 0 spiro atoms. The van der Waals surface area contributed by atoms with E-state index >= 15 is 0 Å². The molecule has 0 saturated carbocycles. The maximum Gasteiger partial charge on any atom is 0.306 e. The van der Waals surface area contributed by atoms with Gasteiger partial charge in [0, 0.05) is 0 Å². The van der Waals surface area contributed by atoms with Gasteiger partial charge in [0.1, 0.15) is 26.3 Å². The zero-order valence-electron chi connectivity index (χ0n) is 15.9. The molecular formula is C16H34Cl2N2O4. The highest BCUT2D eigenvalue weighted by atomic mass is 35.5. The highest BCUT2D eigenvalue weighted by molar-refractivity contribution is 5.77. The van der Waals surface area contributed by atoms with Crippen LogP contribution in [0, 0.1) is 0 Å². The molecule has 0 aliphatic carbocycles. The molecular weight excluding hydrogens is 355 g/mol. The monoisotopic (exact) mass is 388 g/mol. The third-order valence-corrected chi connectivity index (χ3v) is 4.16. The SMILES string of the molecule is CC[N+](C)(C)CCOC(=O)CCC(=O)OCC[N+](C)(C)CC.[Cl-].[Cl-]. The van der Waals surface area contributed by atoms with Crippen LogP contribution in [0.3, 0.4) is 0 Å². The van der Waals surface area contributed by atoms with E-state index < -0.39 is 0 Å². The molecule has 0 fully saturated rings. The number of quaternary nitrogens is 2. The maximum absolute atomic E-state index is 11.6. The quantitative estimate of drug-likeness (QED) is 0.263. The molecule has 0 aromatic carbocycles. The van der Waals surface area contributed by atoms with Gasteiger partial charge in [-0.2, -0.15) is 0 Å². The summed E-state index contributed by atoms with van der Waals surface area (Å²) < 4.78 is 11.9. The smallest absolute Gasteiger partial charge is 0.306 e. The minimum absolute atomic E-state index is 0. The van der Waals surface area contributed by atoms with Crippen molar-refractivity contribution in [2.45, 2.75) is 26.7 Å². The highest BCUT2D eigenvalue weighted by Gasteiger charge is 2.15. The number of nitrogens with zero attached hydrogens (tertiary/aromatic N) is 2. The Hall–Kier alpha value is -0.560. The minimum Gasteiger partial charge on any atom is -1.00 e. The second kappa shape index (κ2) is 13.7. The fourth-order valence-corrected chi connectivity index (χ4v) is 1.48. The second-order valence-electron chi connectivity index (χ2n) is 6.89. The molecule has 24 heavy (non-hydrogen) atoms. The lowest BCUT2D eigenvalue weighted by Crippen LogP contribution is -3.00. The van der Waals surface area contributed by atoms with Gasteiger partial charge in [0.05, 0.1) is 54.1 Å². The molecule has 8 heteroatoms. The number of rotatable bonds is 11. The van der Waals surface area contributed by atoms with Crippen molar-refractivity contribution in [3.05, 3.63) is 0 Å². The van der Waals surface area contributed by atoms with Gasteiger partial charge < -0.3 is 43.3 Å². The average Bonchev–Trinajstić information content (AvgIpc) is 2.45. The van der Waals surface area contributed by atoms with Crippen LogP contribution in [0.1, 0.15) is 26.7 Å². The molecule has 146 valence electrons. The number of hydrogen-bond acceptors (Lipinski definition) is 4. The third kappa shape index (κ3) is 15.0. The van der Waals surface area contributed by atoms with E-state index in [4.69, 9.17) is 9.47 Å². The molecule has 0 bridgehead atoms. The van der Waals surface area contributed by atoms with Gasteiger partial charge in [-0.25, -0.2) is 0 Å². The van der Waals surface area contributed by atoms with Crippen LogP contribution in [0.2, 0.25) is 0 Å². The lowest BCUT2D eigenvalue weighted by molar-refractivity contribution is -0.888. The summed E-state index contributed by atoms with van der Waals surface area (Å²) in [5.41, 5.74) is 0. The Bertz CT molecular complexity index is 330. The van der Waals surface area contributed by atoms with E-state index in [9.17, 15) is 9.59 Å². The maximum atomic E-state index is 11.6. The fraction of sp³-hybridized carbons (Fsp3) is 0.875. The van der Waals surface area contributed by atoms with Crippen LogP contribution in [0.25, 0.3) is 0 Å². The fourth-order valence-electron chi connectivity index (χ4n) is 1.48. The summed E-state index contributed by atoms with van der Waals surface area (Å²) >= 11 is 0. The Morgan fingerprint density at radius 3 is 1.25 bits per heavy atom. The van der Waals surface area contributed by atoms with Crippen molar-refractivity contribution in [3.8, 4) is 0 Å². The summed E-state index contributed by atoms with van der Waals surface area (Å²) in [4.78, 5) is 23.1. The van der Waals surface area contributed by atoms with E-state index in [0.29, 0.717) is 13.2 Å². The van der Waals surface area contributed by atoms with E-state index in [1.165, 1.54) is 0 Å². The van der Waals surface area contributed by atoms with Crippen LogP contribution < -0.4 is 24.8 Å². The van der Waals surface area contributed by atoms with Gasteiger partial charge in [-0.15, -0.1) is 0 Å². The number of esters is 2. The molecule has 0 aromatic rings. The molecule has 0 aliphatic rings. The molecule has 6 nitrogen and oxygen atoms in total. The Labute approximate surface area is 159 Å². The van der Waals surface area contributed by atoms with Gasteiger partial charge in [-0.1, -0.05) is 0 Å². The lowest BCUT2D eigenvalue weighted by Gasteiger charge is -2.27. The third-order valence-electron chi connectivity index (χ3n) is 4.16. The first kappa shape index (κ1) is 28.3. The number of halogens is 2. The van der Waals surface area contributed by atoms with Crippen LogP contribution in [0.4, 0.5) is 0 Å². The Kier molecular flexibility index (Phi) is 16.1. The van der Waals surface area contributed by atoms with Gasteiger partial charge in [0.25, 0.3) is 0 Å². The van der Waals surface area contributed by atoms with Crippen LogP contribution >= 0.6 is 0 Å². The normalized spacial score (nSPS) is 11.1. The molecule has 0 amide bonds. The first-order valence-electron chi connectivity index (χ1n) is 8.07. The number of carbonyl (C=O) groups excluding carboxylic acids is 2. The van der Waals surface area contributed by atoms with Crippen molar-refractivity contribution in [1.82, 2.24) is 0 Å². The van der Waals surface area contributed by atoms with Gasteiger partial charge >= 0.3 is 11.9 Å². The summed E-state index contributed by atoms with van der Waals surface area (Å²) in [5.74, 6) is -0.671. The van der Waals surface area contributed by atoms with Crippen molar-refractivity contribution in [2.24, 2.45) is 0 Å². The van der Waals surface area contributed by atoms with E-state index in [-0.39, 0.29) is 49.6 Å². The predicted molar refractivity (Wildman–Crippen MR) is 86.2 cm³/mol. The number of ether oxygens (including phenoxy) is 2. The average molecular weight is 389 g/mol. The van der Waals surface area contributed by atoms with Crippen molar-refractivity contribution < 1.29 is 52.8 Å². The minimum atomic E-state index is -0.335. The van der Waals surface area contributed by atoms with Gasteiger partial charge in [0.2, 0.25) is 0 Å². The van der Waals surface area contributed by atoms with Crippen LogP contribution in [-0.2, 0) is 19.1 Å². The van der Waals surface area contributed by atoms with Crippen molar-refractivity contribution in [2.75, 3.05) is 67.6 Å². The largest absolute Gasteiger partial charge is 1.00 e. The van der Waals surface area contributed by atoms with E-state index in [1.807, 2.05) is 0 Å². The number of carbonyl (C=O) groups is 2. The summed E-state index contributed by atoms with van der Waals surface area (Å²) in [5, 5.41) is 0. The van der Waals surface area contributed by atoms with Crippen LogP contribution in [0.5, 0.6) is 0 Å². The molecule has 0 radical (unpaired) electrons. The van der Waals surface area contributed by atoms with E-state index in [0.717, 1.165) is 35.1 Å². The van der Waals surface area contributed by atoms with E-state index in [1.54, 1.807) is 0 Å². The molecule has 0 heterocycles.